The third-order valence-electron chi connectivity index (χ3n) is 6.43. The summed E-state index contributed by atoms with van der Waals surface area (Å²) in [6.45, 7) is 5.03. The van der Waals surface area contributed by atoms with Crippen molar-refractivity contribution in [3.05, 3.63) is 27.7 Å². The summed E-state index contributed by atoms with van der Waals surface area (Å²) in [6.07, 6.45) is 8.35. The molecular formula is C20H27BrO2. The molecule has 2 unspecified atom stereocenters. The summed E-state index contributed by atoms with van der Waals surface area (Å²) < 4.78 is 12.3. The summed E-state index contributed by atoms with van der Waals surface area (Å²) in [7, 11) is 1.69. The maximum Gasteiger partial charge on any atom is 0.188 e. The molecule has 126 valence electrons. The molecule has 0 aliphatic heterocycles. The Morgan fingerprint density at radius 2 is 1.87 bits per heavy atom. The van der Waals surface area contributed by atoms with E-state index in [-0.39, 0.29) is 0 Å². The zero-order chi connectivity index (χ0) is 16.2. The van der Waals surface area contributed by atoms with E-state index in [9.17, 15) is 0 Å². The highest BCUT2D eigenvalue weighted by molar-refractivity contribution is 9.10. The average Bonchev–Trinajstić information content (AvgIpc) is 2.43. The highest BCUT2D eigenvalue weighted by atomic mass is 79.9. The predicted octanol–water partition coefficient (Wildman–Crippen LogP) is 5.60. The van der Waals surface area contributed by atoms with E-state index in [1.54, 1.807) is 7.11 Å². The molecule has 2 atom stereocenters. The Labute approximate surface area is 148 Å². The van der Waals surface area contributed by atoms with Gasteiger partial charge in [0.05, 0.1) is 4.47 Å². The largest absolute Gasteiger partial charge is 0.466 e. The molecule has 4 saturated carbocycles. The fourth-order valence-electron chi connectivity index (χ4n) is 6.42. The fraction of sp³-hybridized carbons (Fsp3) is 0.700. The van der Waals surface area contributed by atoms with E-state index in [2.05, 4.69) is 41.9 Å². The summed E-state index contributed by atoms with van der Waals surface area (Å²) in [4.78, 5) is 0. The van der Waals surface area contributed by atoms with Gasteiger partial charge in [-0.3, -0.25) is 0 Å². The summed E-state index contributed by atoms with van der Waals surface area (Å²) in [5.41, 5.74) is 3.61. The van der Waals surface area contributed by atoms with Gasteiger partial charge in [0.15, 0.2) is 6.79 Å². The zero-order valence-corrected chi connectivity index (χ0v) is 16.0. The third kappa shape index (κ3) is 2.64. The molecule has 0 saturated heterocycles. The lowest BCUT2D eigenvalue weighted by atomic mass is 9.43. The maximum atomic E-state index is 6.03. The van der Waals surface area contributed by atoms with Crippen LogP contribution in [-0.2, 0) is 10.2 Å². The van der Waals surface area contributed by atoms with Crippen LogP contribution in [0.4, 0.5) is 0 Å². The molecule has 5 rings (SSSR count). The van der Waals surface area contributed by atoms with Crippen LogP contribution in [0.15, 0.2) is 16.6 Å². The Kier molecular flexibility index (Phi) is 3.81. The van der Waals surface area contributed by atoms with E-state index in [4.69, 9.17) is 9.47 Å². The number of halogens is 1. The first-order valence-corrected chi connectivity index (χ1v) is 9.65. The van der Waals surface area contributed by atoms with Crippen LogP contribution in [0.25, 0.3) is 0 Å². The molecule has 0 spiro atoms. The molecule has 0 heterocycles. The molecule has 4 aliphatic carbocycles. The molecule has 3 heteroatoms. The van der Waals surface area contributed by atoms with Crippen molar-refractivity contribution in [2.75, 3.05) is 13.9 Å². The van der Waals surface area contributed by atoms with Crippen LogP contribution in [-0.4, -0.2) is 13.9 Å². The van der Waals surface area contributed by atoms with Crippen LogP contribution in [0.2, 0.25) is 0 Å². The average molecular weight is 379 g/mol. The minimum absolute atomic E-state index is 0.314. The van der Waals surface area contributed by atoms with Crippen molar-refractivity contribution in [2.24, 2.45) is 17.3 Å². The first kappa shape index (κ1) is 16.0. The Morgan fingerprint density at radius 3 is 2.48 bits per heavy atom. The van der Waals surface area contributed by atoms with Gasteiger partial charge in [0.1, 0.15) is 5.75 Å². The van der Waals surface area contributed by atoms with Crippen LogP contribution in [0.3, 0.4) is 0 Å². The van der Waals surface area contributed by atoms with Gasteiger partial charge >= 0.3 is 0 Å². The number of benzene rings is 1. The number of hydrogen-bond donors (Lipinski definition) is 0. The Balaban J connectivity index is 1.80. The minimum Gasteiger partial charge on any atom is -0.466 e. The molecule has 1 aromatic rings. The second-order valence-electron chi connectivity index (χ2n) is 8.73. The second kappa shape index (κ2) is 5.49. The quantitative estimate of drug-likeness (QED) is 0.634. The molecule has 0 radical (unpaired) electrons. The molecule has 2 nitrogen and oxygen atoms in total. The van der Waals surface area contributed by atoms with Crippen molar-refractivity contribution < 1.29 is 9.47 Å². The number of methoxy groups -OCH3 is 1. The Hall–Kier alpha value is -0.540. The van der Waals surface area contributed by atoms with Gasteiger partial charge in [-0.2, -0.15) is 0 Å². The molecule has 4 bridgehead atoms. The number of ether oxygens (including phenoxy) is 2. The summed E-state index contributed by atoms with van der Waals surface area (Å²) in [6, 6.07) is 4.54. The molecule has 23 heavy (non-hydrogen) atoms. The van der Waals surface area contributed by atoms with E-state index in [1.165, 1.54) is 49.7 Å². The monoisotopic (exact) mass is 378 g/mol. The smallest absolute Gasteiger partial charge is 0.188 e. The van der Waals surface area contributed by atoms with Crippen molar-refractivity contribution in [3.63, 3.8) is 0 Å². The predicted molar refractivity (Wildman–Crippen MR) is 95.9 cm³/mol. The van der Waals surface area contributed by atoms with Crippen LogP contribution < -0.4 is 4.74 Å². The topological polar surface area (TPSA) is 18.5 Å². The van der Waals surface area contributed by atoms with E-state index < -0.39 is 0 Å². The summed E-state index contributed by atoms with van der Waals surface area (Å²) in [5.74, 6) is 2.84. The normalized spacial score (nSPS) is 38.1. The van der Waals surface area contributed by atoms with Gasteiger partial charge in [0, 0.05) is 18.1 Å². The van der Waals surface area contributed by atoms with E-state index in [0.29, 0.717) is 17.6 Å². The van der Waals surface area contributed by atoms with Crippen LogP contribution in [0.5, 0.6) is 5.75 Å². The first-order chi connectivity index (χ1) is 10.9. The lowest BCUT2D eigenvalue weighted by molar-refractivity contribution is -0.0631. The molecule has 0 N–H and O–H groups in total. The van der Waals surface area contributed by atoms with Gasteiger partial charge in [-0.05, 0) is 90.3 Å². The minimum atomic E-state index is 0.314. The highest BCUT2D eigenvalue weighted by Gasteiger charge is 2.57. The van der Waals surface area contributed by atoms with E-state index in [1.807, 2.05) is 0 Å². The summed E-state index contributed by atoms with van der Waals surface area (Å²) >= 11 is 3.74. The number of aryl methyl sites for hydroxylation is 1. The molecule has 0 aromatic heterocycles. The molecule has 1 aromatic carbocycles. The van der Waals surface area contributed by atoms with Crippen molar-refractivity contribution in [2.45, 2.75) is 57.8 Å². The van der Waals surface area contributed by atoms with Crippen LogP contribution in [0.1, 0.15) is 56.6 Å². The first-order valence-electron chi connectivity index (χ1n) is 8.85. The number of rotatable bonds is 4. The van der Waals surface area contributed by atoms with Crippen LogP contribution >= 0.6 is 15.9 Å². The maximum absolute atomic E-state index is 6.03. The van der Waals surface area contributed by atoms with Gasteiger partial charge in [0.25, 0.3) is 0 Å². The molecule has 0 amide bonds. The SMILES string of the molecule is COCOc1c(Br)cc(C)cc1C12CC3CC(CC(C)(C3)C1)C2. The highest BCUT2D eigenvalue weighted by Crippen LogP contribution is 2.66. The second-order valence-corrected chi connectivity index (χ2v) is 9.58. The van der Waals surface area contributed by atoms with Gasteiger partial charge in [0.2, 0.25) is 0 Å². The Morgan fingerprint density at radius 1 is 1.17 bits per heavy atom. The number of hydrogen-bond acceptors (Lipinski definition) is 2. The van der Waals surface area contributed by atoms with Gasteiger partial charge in [-0.15, -0.1) is 0 Å². The lowest BCUT2D eigenvalue weighted by Gasteiger charge is -2.61. The van der Waals surface area contributed by atoms with Gasteiger partial charge < -0.3 is 9.47 Å². The van der Waals surface area contributed by atoms with Crippen molar-refractivity contribution in [1.82, 2.24) is 0 Å². The Bertz CT molecular complexity index is 610. The van der Waals surface area contributed by atoms with Crippen molar-refractivity contribution in [3.8, 4) is 5.75 Å². The van der Waals surface area contributed by atoms with Crippen molar-refractivity contribution >= 4 is 15.9 Å². The van der Waals surface area contributed by atoms with E-state index >= 15 is 0 Å². The van der Waals surface area contributed by atoms with E-state index in [0.717, 1.165) is 22.1 Å². The standard InChI is InChI=1S/C20H27BrO2/c1-13-4-16(18(17(21)5-13)23-12-22-3)20-9-14-6-15(10-20)8-19(2,7-14)11-20/h4-5,14-15H,6-12H2,1-3H3. The fourth-order valence-corrected chi connectivity index (χ4v) is 7.11. The lowest BCUT2D eigenvalue weighted by Crippen LogP contribution is -2.53. The zero-order valence-electron chi connectivity index (χ0n) is 14.5. The van der Waals surface area contributed by atoms with Gasteiger partial charge in [-0.1, -0.05) is 13.0 Å². The summed E-state index contributed by atoms with van der Waals surface area (Å²) in [5, 5.41) is 0. The van der Waals surface area contributed by atoms with Gasteiger partial charge in [-0.25, -0.2) is 0 Å². The third-order valence-corrected chi connectivity index (χ3v) is 7.02. The molecular weight excluding hydrogens is 352 g/mol. The van der Waals surface area contributed by atoms with Crippen molar-refractivity contribution in [1.29, 1.82) is 0 Å². The van der Waals surface area contributed by atoms with Crippen LogP contribution in [0, 0.1) is 24.2 Å². The molecule has 4 aliphatic rings. The molecule has 4 fully saturated rings.